The van der Waals surface area contributed by atoms with Crippen LogP contribution in [0.2, 0.25) is 0 Å². The van der Waals surface area contributed by atoms with E-state index < -0.39 is 0 Å². The first-order valence-corrected chi connectivity index (χ1v) is 6.57. The third-order valence-corrected chi connectivity index (χ3v) is 3.73. The molecule has 3 nitrogen and oxygen atoms in total. The molecule has 0 aliphatic heterocycles. The maximum absolute atomic E-state index is 11.5. The fourth-order valence-corrected chi connectivity index (χ4v) is 2.25. The fourth-order valence-electron chi connectivity index (χ4n) is 1.35. The molecule has 1 aromatic heterocycles. The first-order chi connectivity index (χ1) is 7.65. The molecule has 1 atom stereocenters. The summed E-state index contributed by atoms with van der Waals surface area (Å²) in [7, 11) is 0. The minimum absolute atomic E-state index is 0.0189. The van der Waals surface area contributed by atoms with Gasteiger partial charge >= 0.3 is 0 Å². The van der Waals surface area contributed by atoms with Crippen LogP contribution >= 0.6 is 11.3 Å². The van der Waals surface area contributed by atoms with Crippen LogP contribution < -0.4 is 11.1 Å². The van der Waals surface area contributed by atoms with Crippen molar-refractivity contribution in [3.8, 4) is 0 Å². The van der Waals surface area contributed by atoms with Crippen molar-refractivity contribution in [1.82, 2.24) is 5.32 Å². The molecule has 0 bridgehead atoms. The molecule has 0 aromatic carbocycles. The Morgan fingerprint density at radius 1 is 1.44 bits per heavy atom. The molecule has 1 heterocycles. The van der Waals surface area contributed by atoms with E-state index in [0.29, 0.717) is 13.0 Å². The zero-order valence-corrected chi connectivity index (χ0v) is 10.8. The van der Waals surface area contributed by atoms with Crippen molar-refractivity contribution in [3.63, 3.8) is 0 Å². The third kappa shape index (κ3) is 4.33. The summed E-state index contributed by atoms with van der Waals surface area (Å²) >= 11 is 1.75. The van der Waals surface area contributed by atoms with Crippen LogP contribution in [0.15, 0.2) is 12.1 Å². The molecule has 1 rings (SSSR count). The minimum atomic E-state index is -0.0189. The van der Waals surface area contributed by atoms with E-state index in [1.165, 1.54) is 9.75 Å². The molecule has 4 heteroatoms. The van der Waals surface area contributed by atoms with Crippen molar-refractivity contribution >= 4 is 17.2 Å². The van der Waals surface area contributed by atoms with Gasteiger partial charge in [-0.3, -0.25) is 4.79 Å². The van der Waals surface area contributed by atoms with Gasteiger partial charge in [0.1, 0.15) is 0 Å². The summed E-state index contributed by atoms with van der Waals surface area (Å²) in [5.41, 5.74) is 5.71. The summed E-state index contributed by atoms with van der Waals surface area (Å²) < 4.78 is 0. The van der Waals surface area contributed by atoms with Crippen molar-refractivity contribution < 1.29 is 4.79 Å². The number of aryl methyl sites for hydroxylation is 1. The van der Waals surface area contributed by atoms with Crippen molar-refractivity contribution in [2.24, 2.45) is 5.73 Å². The Kier molecular flexibility index (Phi) is 5.49. The summed E-state index contributed by atoms with van der Waals surface area (Å²) in [6.45, 7) is 4.75. The van der Waals surface area contributed by atoms with Gasteiger partial charge in [0.15, 0.2) is 0 Å². The van der Waals surface area contributed by atoms with E-state index in [-0.39, 0.29) is 11.9 Å². The molecule has 0 spiro atoms. The molecule has 1 amide bonds. The Hall–Kier alpha value is -0.870. The molecule has 1 aromatic rings. The number of nitrogens with two attached hydrogens (primary N) is 1. The highest BCUT2D eigenvalue weighted by molar-refractivity contribution is 7.11. The molecule has 1 unspecified atom stereocenters. The Morgan fingerprint density at radius 3 is 2.69 bits per heavy atom. The topological polar surface area (TPSA) is 55.1 Å². The molecule has 90 valence electrons. The summed E-state index contributed by atoms with van der Waals surface area (Å²) in [6.07, 6.45) is 2.31. The van der Waals surface area contributed by atoms with E-state index >= 15 is 0 Å². The molecule has 0 radical (unpaired) electrons. The number of carbonyl (C=O) groups excluding carboxylic acids is 1. The number of hydrogen-bond acceptors (Lipinski definition) is 3. The van der Waals surface area contributed by atoms with Crippen molar-refractivity contribution in [2.75, 3.05) is 0 Å². The van der Waals surface area contributed by atoms with Gasteiger partial charge in [0.2, 0.25) is 5.91 Å². The van der Waals surface area contributed by atoms with E-state index in [0.717, 1.165) is 12.8 Å². The number of amides is 1. The van der Waals surface area contributed by atoms with Gasteiger partial charge in [0.05, 0.1) is 6.54 Å². The highest BCUT2D eigenvalue weighted by atomic mass is 32.1. The summed E-state index contributed by atoms with van der Waals surface area (Å²) in [4.78, 5) is 14.0. The van der Waals surface area contributed by atoms with Gasteiger partial charge in [-0.05, 0) is 25.0 Å². The second-order valence-corrected chi connectivity index (χ2v) is 5.12. The first-order valence-electron chi connectivity index (χ1n) is 5.75. The SMILES string of the molecule is CCc1ccc(CNC(=O)CC(N)CC)s1. The number of thiophene rings is 1. The molecular weight excluding hydrogens is 220 g/mol. The fraction of sp³-hybridized carbons (Fsp3) is 0.583. The largest absolute Gasteiger partial charge is 0.351 e. The zero-order valence-electron chi connectivity index (χ0n) is 9.95. The van der Waals surface area contributed by atoms with E-state index in [4.69, 9.17) is 5.73 Å². The Bertz CT molecular complexity index is 336. The second kappa shape index (κ2) is 6.66. The van der Waals surface area contributed by atoms with E-state index in [1.54, 1.807) is 11.3 Å². The molecule has 16 heavy (non-hydrogen) atoms. The molecule has 0 saturated carbocycles. The lowest BCUT2D eigenvalue weighted by Crippen LogP contribution is -2.30. The van der Waals surface area contributed by atoms with Crippen LogP contribution in [0.4, 0.5) is 0 Å². The van der Waals surface area contributed by atoms with Gasteiger partial charge in [0.25, 0.3) is 0 Å². The normalized spacial score (nSPS) is 12.4. The highest BCUT2D eigenvalue weighted by Crippen LogP contribution is 2.16. The van der Waals surface area contributed by atoms with Crippen LogP contribution in [0.25, 0.3) is 0 Å². The molecule has 0 aliphatic rings. The lowest BCUT2D eigenvalue weighted by molar-refractivity contribution is -0.121. The minimum Gasteiger partial charge on any atom is -0.351 e. The van der Waals surface area contributed by atoms with Crippen molar-refractivity contribution in [2.45, 2.75) is 45.7 Å². The molecule has 0 fully saturated rings. The van der Waals surface area contributed by atoms with Gasteiger partial charge in [0, 0.05) is 22.2 Å². The van der Waals surface area contributed by atoms with Gasteiger partial charge in [-0.1, -0.05) is 13.8 Å². The van der Waals surface area contributed by atoms with Crippen LogP contribution in [0, 0.1) is 0 Å². The molecule has 0 aliphatic carbocycles. The predicted octanol–water partition coefficient (Wildman–Crippen LogP) is 2.05. The number of nitrogens with one attached hydrogen (secondary N) is 1. The quantitative estimate of drug-likeness (QED) is 0.799. The van der Waals surface area contributed by atoms with Crippen LogP contribution in [0.5, 0.6) is 0 Å². The Morgan fingerprint density at radius 2 is 2.12 bits per heavy atom. The lowest BCUT2D eigenvalue weighted by atomic mass is 10.1. The van der Waals surface area contributed by atoms with Crippen LogP contribution in [0.3, 0.4) is 0 Å². The van der Waals surface area contributed by atoms with Crippen LogP contribution in [0.1, 0.15) is 36.4 Å². The Labute approximate surface area is 101 Å². The molecule has 3 N–H and O–H groups in total. The van der Waals surface area contributed by atoms with E-state index in [9.17, 15) is 4.79 Å². The van der Waals surface area contributed by atoms with E-state index in [1.807, 2.05) is 6.92 Å². The maximum atomic E-state index is 11.5. The number of hydrogen-bond donors (Lipinski definition) is 2. The van der Waals surface area contributed by atoms with Crippen molar-refractivity contribution in [1.29, 1.82) is 0 Å². The Balaban J connectivity index is 2.31. The average Bonchev–Trinajstić information content (AvgIpc) is 2.74. The van der Waals surface area contributed by atoms with Gasteiger partial charge in [-0.15, -0.1) is 11.3 Å². The van der Waals surface area contributed by atoms with E-state index in [2.05, 4.69) is 24.4 Å². The van der Waals surface area contributed by atoms with Gasteiger partial charge in [-0.2, -0.15) is 0 Å². The summed E-state index contributed by atoms with van der Waals surface area (Å²) in [5, 5.41) is 2.89. The molecular formula is C12H20N2OS. The standard InChI is InChI=1S/C12H20N2OS/c1-3-9(13)7-12(15)14-8-11-6-5-10(4-2)16-11/h5-6,9H,3-4,7-8,13H2,1-2H3,(H,14,15). The summed E-state index contributed by atoms with van der Waals surface area (Å²) in [5.74, 6) is 0.0424. The van der Waals surface area contributed by atoms with Crippen molar-refractivity contribution in [3.05, 3.63) is 21.9 Å². The second-order valence-electron chi connectivity index (χ2n) is 3.87. The van der Waals surface area contributed by atoms with Crippen LogP contribution in [-0.2, 0) is 17.8 Å². The monoisotopic (exact) mass is 240 g/mol. The van der Waals surface area contributed by atoms with Gasteiger partial charge in [-0.25, -0.2) is 0 Å². The smallest absolute Gasteiger partial charge is 0.221 e. The maximum Gasteiger partial charge on any atom is 0.221 e. The number of carbonyl (C=O) groups is 1. The lowest BCUT2D eigenvalue weighted by Gasteiger charge is -2.08. The van der Waals surface area contributed by atoms with Crippen LogP contribution in [-0.4, -0.2) is 11.9 Å². The third-order valence-electron chi connectivity index (χ3n) is 2.50. The number of rotatable bonds is 6. The predicted molar refractivity (Wildman–Crippen MR) is 68.4 cm³/mol. The first kappa shape index (κ1) is 13.2. The highest BCUT2D eigenvalue weighted by Gasteiger charge is 2.07. The van der Waals surface area contributed by atoms with Gasteiger partial charge < -0.3 is 11.1 Å². The molecule has 0 saturated heterocycles. The average molecular weight is 240 g/mol. The zero-order chi connectivity index (χ0) is 12.0. The summed E-state index contributed by atoms with van der Waals surface area (Å²) in [6, 6.07) is 4.17.